The second-order valence-electron chi connectivity index (χ2n) is 5.08. The summed E-state index contributed by atoms with van der Waals surface area (Å²) in [6, 6.07) is -1.05. The molecule has 1 atom stereocenters. The predicted molar refractivity (Wildman–Crippen MR) is 70.3 cm³/mol. The molecule has 112 valence electrons. The van der Waals surface area contributed by atoms with Crippen molar-refractivity contribution in [2.45, 2.75) is 38.8 Å². The van der Waals surface area contributed by atoms with Gasteiger partial charge >= 0.3 is 12.0 Å². The molecule has 0 aromatic carbocycles. The van der Waals surface area contributed by atoms with Crippen molar-refractivity contribution in [2.24, 2.45) is 0 Å². The number of carboxylic acid groups (broad SMARTS) is 1. The number of aliphatic carboxylic acids is 1. The van der Waals surface area contributed by atoms with E-state index in [1.165, 1.54) is 0 Å². The highest BCUT2D eigenvalue weighted by atomic mass is 32.2. The lowest BCUT2D eigenvalue weighted by molar-refractivity contribution is -0.137. The van der Waals surface area contributed by atoms with Gasteiger partial charge < -0.3 is 15.7 Å². The molecular weight excluding hydrogens is 274 g/mol. The Morgan fingerprint density at radius 2 is 1.84 bits per heavy atom. The third-order valence-corrected chi connectivity index (χ3v) is 2.93. The molecule has 0 aliphatic carbocycles. The molecule has 4 N–H and O–H groups in total. The standard InChI is InChI=1S/C10H21N3O5S/c1-7(5-8(14)15)12-9(16)11-6-10(2,3)13-19(4,17)18/h7,13H,5-6H2,1-4H3,(H,14,15)(H2,11,12,16). The van der Waals surface area contributed by atoms with Crippen molar-refractivity contribution in [3.8, 4) is 0 Å². The first-order valence-electron chi connectivity index (χ1n) is 5.66. The Bertz CT molecular complexity index is 432. The monoisotopic (exact) mass is 295 g/mol. The molecule has 0 rings (SSSR count). The average molecular weight is 295 g/mol. The number of nitrogens with one attached hydrogen (secondary N) is 3. The summed E-state index contributed by atoms with van der Waals surface area (Å²) in [5.74, 6) is -1.01. The Morgan fingerprint density at radius 1 is 1.32 bits per heavy atom. The van der Waals surface area contributed by atoms with E-state index in [-0.39, 0.29) is 13.0 Å². The summed E-state index contributed by atoms with van der Waals surface area (Å²) in [6.07, 6.45) is 0.849. The molecule has 0 fully saturated rings. The fourth-order valence-corrected chi connectivity index (χ4v) is 2.50. The molecule has 0 saturated heterocycles. The van der Waals surface area contributed by atoms with E-state index in [1.54, 1.807) is 20.8 Å². The van der Waals surface area contributed by atoms with Gasteiger partial charge in [0.2, 0.25) is 10.0 Å². The van der Waals surface area contributed by atoms with Gasteiger partial charge in [-0.1, -0.05) is 0 Å². The van der Waals surface area contributed by atoms with E-state index >= 15 is 0 Å². The minimum Gasteiger partial charge on any atom is -0.481 e. The van der Waals surface area contributed by atoms with Gasteiger partial charge in [-0.15, -0.1) is 0 Å². The van der Waals surface area contributed by atoms with E-state index in [0.29, 0.717) is 0 Å². The zero-order valence-electron chi connectivity index (χ0n) is 11.5. The number of rotatable bonds is 7. The van der Waals surface area contributed by atoms with Crippen LogP contribution in [-0.2, 0) is 14.8 Å². The molecule has 0 spiro atoms. The average Bonchev–Trinajstić information content (AvgIpc) is 2.09. The minimum atomic E-state index is -3.37. The van der Waals surface area contributed by atoms with Crippen LogP contribution in [0.15, 0.2) is 0 Å². The maximum absolute atomic E-state index is 11.5. The first-order valence-corrected chi connectivity index (χ1v) is 7.55. The first-order chi connectivity index (χ1) is 8.41. The van der Waals surface area contributed by atoms with Crippen LogP contribution >= 0.6 is 0 Å². The molecule has 0 saturated carbocycles. The normalized spacial score (nSPS) is 13.7. The molecule has 1 unspecified atom stereocenters. The number of carbonyl (C=O) groups is 2. The fraction of sp³-hybridized carbons (Fsp3) is 0.800. The number of urea groups is 1. The van der Waals surface area contributed by atoms with Crippen LogP contribution in [-0.4, -0.2) is 49.9 Å². The van der Waals surface area contributed by atoms with Crippen LogP contribution < -0.4 is 15.4 Å². The van der Waals surface area contributed by atoms with E-state index < -0.39 is 33.6 Å². The van der Waals surface area contributed by atoms with Gasteiger partial charge in [-0.25, -0.2) is 17.9 Å². The second kappa shape index (κ2) is 6.71. The van der Waals surface area contributed by atoms with Gasteiger partial charge in [-0.05, 0) is 20.8 Å². The summed E-state index contributed by atoms with van der Waals surface area (Å²) in [5, 5.41) is 13.5. The third-order valence-electron chi connectivity index (χ3n) is 2.01. The summed E-state index contributed by atoms with van der Waals surface area (Å²) in [6.45, 7) is 4.88. The van der Waals surface area contributed by atoms with Crippen LogP contribution in [0, 0.1) is 0 Å². The third kappa shape index (κ3) is 10.3. The first kappa shape index (κ1) is 17.6. The van der Waals surface area contributed by atoms with Crippen molar-refractivity contribution >= 4 is 22.0 Å². The maximum atomic E-state index is 11.5. The summed E-state index contributed by atoms with van der Waals surface area (Å²) in [5.41, 5.74) is -0.832. The van der Waals surface area contributed by atoms with Gasteiger partial charge in [0.05, 0.1) is 12.7 Å². The fourth-order valence-electron chi connectivity index (χ4n) is 1.43. The molecule has 0 radical (unpaired) electrons. The Hall–Kier alpha value is -1.35. The smallest absolute Gasteiger partial charge is 0.315 e. The van der Waals surface area contributed by atoms with Gasteiger partial charge in [0, 0.05) is 18.1 Å². The van der Waals surface area contributed by atoms with Crippen LogP contribution in [0.3, 0.4) is 0 Å². The highest BCUT2D eigenvalue weighted by Crippen LogP contribution is 2.01. The van der Waals surface area contributed by atoms with Crippen LogP contribution in [0.2, 0.25) is 0 Å². The van der Waals surface area contributed by atoms with Gasteiger partial charge in [-0.2, -0.15) is 0 Å². The predicted octanol–water partition coefficient (Wildman–Crippen LogP) is -0.523. The summed E-state index contributed by atoms with van der Waals surface area (Å²) in [4.78, 5) is 21.9. The van der Waals surface area contributed by atoms with Crippen molar-refractivity contribution in [1.82, 2.24) is 15.4 Å². The topological polar surface area (TPSA) is 125 Å². The van der Waals surface area contributed by atoms with Crippen molar-refractivity contribution in [2.75, 3.05) is 12.8 Å². The lowest BCUT2D eigenvalue weighted by Crippen LogP contribution is -2.53. The Balaban J connectivity index is 4.19. The van der Waals surface area contributed by atoms with E-state index in [2.05, 4.69) is 15.4 Å². The zero-order chi connectivity index (χ0) is 15.3. The van der Waals surface area contributed by atoms with Crippen LogP contribution in [0.4, 0.5) is 4.79 Å². The van der Waals surface area contributed by atoms with Crippen LogP contribution in [0.1, 0.15) is 27.2 Å². The van der Waals surface area contributed by atoms with Crippen molar-refractivity contribution in [1.29, 1.82) is 0 Å². The number of hydrogen-bond donors (Lipinski definition) is 4. The SMILES string of the molecule is CC(CC(=O)O)NC(=O)NCC(C)(C)NS(C)(=O)=O. The molecule has 0 aromatic rings. The Kier molecular flexibility index (Phi) is 6.23. The lowest BCUT2D eigenvalue weighted by Gasteiger charge is -2.25. The van der Waals surface area contributed by atoms with E-state index in [9.17, 15) is 18.0 Å². The molecule has 0 aliphatic rings. The lowest BCUT2D eigenvalue weighted by atomic mass is 10.1. The van der Waals surface area contributed by atoms with Crippen molar-refractivity contribution in [3.05, 3.63) is 0 Å². The van der Waals surface area contributed by atoms with Gasteiger partial charge in [0.1, 0.15) is 0 Å². The van der Waals surface area contributed by atoms with Crippen LogP contribution in [0.5, 0.6) is 0 Å². The van der Waals surface area contributed by atoms with Crippen molar-refractivity contribution in [3.63, 3.8) is 0 Å². The second-order valence-corrected chi connectivity index (χ2v) is 6.83. The largest absolute Gasteiger partial charge is 0.481 e. The highest BCUT2D eigenvalue weighted by Gasteiger charge is 2.23. The maximum Gasteiger partial charge on any atom is 0.315 e. The molecule has 9 heteroatoms. The molecule has 2 amide bonds. The molecule has 0 aromatic heterocycles. The highest BCUT2D eigenvalue weighted by molar-refractivity contribution is 7.88. The number of carbonyl (C=O) groups excluding carboxylic acids is 1. The van der Waals surface area contributed by atoms with E-state index in [0.717, 1.165) is 6.26 Å². The van der Waals surface area contributed by atoms with Gasteiger partial charge in [-0.3, -0.25) is 4.79 Å². The summed E-state index contributed by atoms with van der Waals surface area (Å²) < 4.78 is 24.5. The quantitative estimate of drug-likeness (QED) is 0.503. The summed E-state index contributed by atoms with van der Waals surface area (Å²) >= 11 is 0. The number of sulfonamides is 1. The summed E-state index contributed by atoms with van der Waals surface area (Å²) in [7, 11) is -3.37. The molecular formula is C10H21N3O5S. The number of amides is 2. The minimum absolute atomic E-state index is 0.0751. The zero-order valence-corrected chi connectivity index (χ0v) is 12.3. The molecule has 0 aliphatic heterocycles. The number of carboxylic acids is 1. The van der Waals surface area contributed by atoms with E-state index in [1.807, 2.05) is 0 Å². The molecule has 19 heavy (non-hydrogen) atoms. The Labute approximate surface area is 113 Å². The molecule has 0 heterocycles. The van der Waals surface area contributed by atoms with Crippen LogP contribution in [0.25, 0.3) is 0 Å². The van der Waals surface area contributed by atoms with Gasteiger partial charge in [0.25, 0.3) is 0 Å². The Morgan fingerprint density at radius 3 is 2.26 bits per heavy atom. The van der Waals surface area contributed by atoms with Gasteiger partial charge in [0.15, 0.2) is 0 Å². The van der Waals surface area contributed by atoms with Crippen molar-refractivity contribution < 1.29 is 23.1 Å². The number of hydrogen-bond acceptors (Lipinski definition) is 4. The van der Waals surface area contributed by atoms with E-state index in [4.69, 9.17) is 5.11 Å². The molecule has 8 nitrogen and oxygen atoms in total. The molecule has 0 bridgehead atoms.